The van der Waals surface area contributed by atoms with Crippen LogP contribution >= 0.6 is 0 Å². The lowest BCUT2D eigenvalue weighted by atomic mass is 10.2. The third-order valence-corrected chi connectivity index (χ3v) is 3.23. The fraction of sp³-hybridized carbons (Fsp3) is 0.538. The van der Waals surface area contributed by atoms with Gasteiger partial charge in [-0.15, -0.1) is 0 Å². The van der Waals surface area contributed by atoms with Gasteiger partial charge < -0.3 is 14.7 Å². The lowest BCUT2D eigenvalue weighted by Gasteiger charge is -2.34. The molecule has 88 valence electrons. The van der Waals surface area contributed by atoms with Gasteiger partial charge in [0.1, 0.15) is 0 Å². The minimum Gasteiger partial charge on any atom is -0.378 e. The molecular weight excluding hydrogens is 198 g/mol. The SMILES string of the molecule is CN1CCN(c2ccc(N(C)C)cc2)CC1. The molecule has 1 fully saturated rings. The number of anilines is 2. The van der Waals surface area contributed by atoms with Crippen LogP contribution in [0.15, 0.2) is 24.3 Å². The summed E-state index contributed by atoms with van der Waals surface area (Å²) in [5, 5.41) is 0. The Morgan fingerprint density at radius 3 is 2.00 bits per heavy atom. The predicted octanol–water partition coefficient (Wildman–Crippen LogP) is 1.50. The van der Waals surface area contributed by atoms with Crippen LogP contribution in [0.5, 0.6) is 0 Å². The van der Waals surface area contributed by atoms with Crippen molar-refractivity contribution in [1.82, 2.24) is 4.90 Å². The van der Waals surface area contributed by atoms with Crippen molar-refractivity contribution in [1.29, 1.82) is 0 Å². The van der Waals surface area contributed by atoms with Gasteiger partial charge in [0.05, 0.1) is 0 Å². The Morgan fingerprint density at radius 2 is 1.50 bits per heavy atom. The first-order chi connectivity index (χ1) is 7.66. The van der Waals surface area contributed by atoms with Crippen molar-refractivity contribution in [3.63, 3.8) is 0 Å². The second kappa shape index (κ2) is 4.74. The third kappa shape index (κ3) is 2.47. The first kappa shape index (κ1) is 11.3. The van der Waals surface area contributed by atoms with Gasteiger partial charge in [-0.2, -0.15) is 0 Å². The van der Waals surface area contributed by atoms with E-state index >= 15 is 0 Å². The van der Waals surface area contributed by atoms with Crippen LogP contribution in [-0.4, -0.2) is 52.2 Å². The molecule has 0 aliphatic carbocycles. The topological polar surface area (TPSA) is 9.72 Å². The maximum Gasteiger partial charge on any atom is 0.0368 e. The number of likely N-dealkylation sites (N-methyl/N-ethyl adjacent to an activating group) is 1. The molecule has 0 spiro atoms. The summed E-state index contributed by atoms with van der Waals surface area (Å²) in [4.78, 5) is 6.97. The average Bonchev–Trinajstić information content (AvgIpc) is 2.30. The minimum absolute atomic E-state index is 1.14. The molecule has 0 aromatic heterocycles. The molecule has 0 atom stereocenters. The molecule has 1 aliphatic rings. The van der Waals surface area contributed by atoms with Crippen LogP contribution in [0.25, 0.3) is 0 Å². The summed E-state index contributed by atoms with van der Waals surface area (Å²) in [7, 11) is 6.34. The summed E-state index contributed by atoms with van der Waals surface area (Å²) in [5.74, 6) is 0. The molecule has 1 aromatic rings. The van der Waals surface area contributed by atoms with E-state index in [9.17, 15) is 0 Å². The van der Waals surface area contributed by atoms with Crippen molar-refractivity contribution in [3.05, 3.63) is 24.3 Å². The molecule has 0 saturated carbocycles. The largest absolute Gasteiger partial charge is 0.378 e. The van der Waals surface area contributed by atoms with Gasteiger partial charge in [0, 0.05) is 51.6 Å². The highest BCUT2D eigenvalue weighted by Gasteiger charge is 2.13. The number of hydrogen-bond acceptors (Lipinski definition) is 3. The molecule has 0 amide bonds. The predicted molar refractivity (Wildman–Crippen MR) is 70.5 cm³/mol. The van der Waals surface area contributed by atoms with E-state index in [1.807, 2.05) is 0 Å². The first-order valence-electron chi connectivity index (χ1n) is 5.88. The van der Waals surface area contributed by atoms with E-state index in [1.54, 1.807) is 0 Å². The number of rotatable bonds is 2. The van der Waals surface area contributed by atoms with Crippen LogP contribution in [-0.2, 0) is 0 Å². The second-order valence-corrected chi connectivity index (χ2v) is 4.70. The summed E-state index contributed by atoms with van der Waals surface area (Å²) in [5.41, 5.74) is 2.61. The lowest BCUT2D eigenvalue weighted by molar-refractivity contribution is 0.313. The van der Waals surface area contributed by atoms with Gasteiger partial charge in [-0.1, -0.05) is 0 Å². The summed E-state index contributed by atoms with van der Waals surface area (Å²) in [6.45, 7) is 4.60. The highest BCUT2D eigenvalue weighted by molar-refractivity contribution is 5.56. The zero-order valence-electron chi connectivity index (χ0n) is 10.5. The molecule has 3 heteroatoms. The number of piperazine rings is 1. The second-order valence-electron chi connectivity index (χ2n) is 4.70. The van der Waals surface area contributed by atoms with Crippen molar-refractivity contribution in [2.45, 2.75) is 0 Å². The summed E-state index contributed by atoms with van der Waals surface area (Å²) in [6.07, 6.45) is 0. The van der Waals surface area contributed by atoms with Gasteiger partial charge in [0.15, 0.2) is 0 Å². The van der Waals surface area contributed by atoms with Gasteiger partial charge >= 0.3 is 0 Å². The Bertz CT molecular complexity index is 324. The molecule has 0 radical (unpaired) electrons. The highest BCUT2D eigenvalue weighted by atomic mass is 15.2. The molecule has 1 saturated heterocycles. The van der Waals surface area contributed by atoms with Gasteiger partial charge in [-0.3, -0.25) is 0 Å². The van der Waals surface area contributed by atoms with Crippen molar-refractivity contribution in [2.24, 2.45) is 0 Å². The van der Waals surface area contributed by atoms with Crippen LogP contribution in [0.1, 0.15) is 0 Å². The Balaban J connectivity index is 2.04. The lowest BCUT2D eigenvalue weighted by Crippen LogP contribution is -2.44. The Hall–Kier alpha value is -1.22. The number of nitrogens with zero attached hydrogens (tertiary/aromatic N) is 3. The quantitative estimate of drug-likeness (QED) is 0.746. The van der Waals surface area contributed by atoms with Gasteiger partial charge in [0.25, 0.3) is 0 Å². The minimum atomic E-state index is 1.14. The van der Waals surface area contributed by atoms with E-state index in [2.05, 4.69) is 60.1 Å². The summed E-state index contributed by atoms with van der Waals surface area (Å²) in [6, 6.07) is 8.82. The average molecular weight is 219 g/mol. The molecule has 1 aliphatic heterocycles. The third-order valence-electron chi connectivity index (χ3n) is 3.23. The van der Waals surface area contributed by atoms with Crippen molar-refractivity contribution in [2.75, 3.05) is 57.1 Å². The van der Waals surface area contributed by atoms with Crippen LogP contribution in [0.4, 0.5) is 11.4 Å². The fourth-order valence-corrected chi connectivity index (χ4v) is 2.03. The van der Waals surface area contributed by atoms with E-state index in [1.165, 1.54) is 11.4 Å². The maximum atomic E-state index is 2.46. The van der Waals surface area contributed by atoms with Crippen LogP contribution in [0.3, 0.4) is 0 Å². The van der Waals surface area contributed by atoms with E-state index in [0.29, 0.717) is 0 Å². The molecule has 0 unspecified atom stereocenters. The normalized spacial score (nSPS) is 17.6. The zero-order chi connectivity index (χ0) is 11.5. The Labute approximate surface area is 98.3 Å². The molecule has 0 bridgehead atoms. The van der Waals surface area contributed by atoms with Crippen LogP contribution in [0.2, 0.25) is 0 Å². The monoisotopic (exact) mass is 219 g/mol. The Kier molecular flexibility index (Phi) is 3.34. The smallest absolute Gasteiger partial charge is 0.0368 e. The van der Waals surface area contributed by atoms with Gasteiger partial charge in [-0.05, 0) is 31.3 Å². The van der Waals surface area contributed by atoms with E-state index in [4.69, 9.17) is 0 Å². The number of benzene rings is 1. The molecule has 0 N–H and O–H groups in total. The maximum absolute atomic E-state index is 2.46. The van der Waals surface area contributed by atoms with E-state index in [0.717, 1.165) is 26.2 Å². The van der Waals surface area contributed by atoms with Crippen molar-refractivity contribution in [3.8, 4) is 0 Å². The van der Waals surface area contributed by atoms with Crippen molar-refractivity contribution < 1.29 is 0 Å². The summed E-state index contributed by atoms with van der Waals surface area (Å²) >= 11 is 0. The van der Waals surface area contributed by atoms with Crippen molar-refractivity contribution >= 4 is 11.4 Å². The molecular formula is C13H21N3. The highest BCUT2D eigenvalue weighted by Crippen LogP contribution is 2.20. The number of hydrogen-bond donors (Lipinski definition) is 0. The fourth-order valence-electron chi connectivity index (χ4n) is 2.03. The van der Waals surface area contributed by atoms with Gasteiger partial charge in [0.2, 0.25) is 0 Å². The van der Waals surface area contributed by atoms with E-state index in [-0.39, 0.29) is 0 Å². The molecule has 3 nitrogen and oxygen atoms in total. The van der Waals surface area contributed by atoms with Gasteiger partial charge in [-0.25, -0.2) is 0 Å². The standard InChI is InChI=1S/C13H21N3/c1-14(2)12-4-6-13(7-5-12)16-10-8-15(3)9-11-16/h4-7H,8-11H2,1-3H3. The molecule has 16 heavy (non-hydrogen) atoms. The Morgan fingerprint density at radius 1 is 0.938 bits per heavy atom. The molecule has 1 heterocycles. The first-order valence-corrected chi connectivity index (χ1v) is 5.88. The van der Waals surface area contributed by atoms with E-state index < -0.39 is 0 Å². The molecule has 2 rings (SSSR count). The molecule has 1 aromatic carbocycles. The van der Waals surface area contributed by atoms with Crippen LogP contribution in [0, 0.1) is 0 Å². The van der Waals surface area contributed by atoms with Crippen LogP contribution < -0.4 is 9.80 Å². The zero-order valence-corrected chi connectivity index (χ0v) is 10.5. The summed E-state index contributed by atoms with van der Waals surface area (Å²) < 4.78 is 0.